The van der Waals surface area contributed by atoms with Crippen LogP contribution in [0, 0.1) is 0 Å². The molecule has 0 spiro atoms. The Bertz CT molecular complexity index is 1130. The summed E-state index contributed by atoms with van der Waals surface area (Å²) in [6.45, 7) is -0.0304. The van der Waals surface area contributed by atoms with Gasteiger partial charge in [0.15, 0.2) is 5.65 Å². The van der Waals surface area contributed by atoms with E-state index in [1.165, 1.54) is 59.3 Å². The van der Waals surface area contributed by atoms with Crippen LogP contribution < -0.4 is 5.56 Å². The van der Waals surface area contributed by atoms with Gasteiger partial charge in [-0.1, -0.05) is 43.5 Å². The zero-order chi connectivity index (χ0) is 20.7. The second kappa shape index (κ2) is 7.70. The normalized spacial score (nSPS) is 19.8. The molecule has 5 rings (SSSR count). The van der Waals surface area contributed by atoms with Gasteiger partial charge in [-0.05, 0) is 36.3 Å². The number of likely N-dealkylation sites (tertiary alicyclic amines) is 1. The lowest BCUT2D eigenvalue weighted by Crippen LogP contribution is -2.52. The Kier molecular flexibility index (Phi) is 4.89. The first-order chi connectivity index (χ1) is 14.7. The van der Waals surface area contributed by atoms with Gasteiger partial charge in [-0.15, -0.1) is 0 Å². The van der Waals surface area contributed by atoms with E-state index < -0.39 is 6.67 Å². The number of nitrogens with zero attached hydrogens (tertiary/aromatic N) is 3. The average Bonchev–Trinajstić information content (AvgIpc) is 3.19. The molecule has 7 heteroatoms. The van der Waals surface area contributed by atoms with Gasteiger partial charge in [-0.25, -0.2) is 4.39 Å². The molecule has 1 N–H and O–H groups in total. The number of benzene rings is 1. The SMILES string of the molecule is O=C(c1cnn2c(=O)cc(-c3ccc(C4CCCCC4)cc3)[nH]c12)N1CCC1CF. The Morgan fingerprint density at radius 2 is 1.90 bits per heavy atom. The van der Waals surface area contributed by atoms with Crippen LogP contribution in [0.1, 0.15) is 60.4 Å². The fraction of sp³-hybridized carbons (Fsp3) is 0.435. The number of amides is 1. The molecular formula is C23H25FN4O2. The van der Waals surface area contributed by atoms with Gasteiger partial charge in [0.05, 0.1) is 17.9 Å². The maximum Gasteiger partial charge on any atom is 0.274 e. The number of alkyl halides is 1. The number of halogens is 1. The van der Waals surface area contributed by atoms with Crippen molar-refractivity contribution in [3.05, 3.63) is 58.0 Å². The Balaban J connectivity index is 1.48. The van der Waals surface area contributed by atoms with Gasteiger partial charge in [-0.2, -0.15) is 9.61 Å². The zero-order valence-corrected chi connectivity index (χ0v) is 16.8. The predicted molar refractivity (Wildman–Crippen MR) is 112 cm³/mol. The lowest BCUT2D eigenvalue weighted by molar-refractivity contribution is 0.0404. The number of fused-ring (bicyclic) bond motifs is 1. The summed E-state index contributed by atoms with van der Waals surface area (Å²) in [7, 11) is 0. The maximum absolute atomic E-state index is 13.0. The van der Waals surface area contributed by atoms with E-state index in [0.29, 0.717) is 35.8 Å². The summed E-state index contributed by atoms with van der Waals surface area (Å²) in [6.07, 6.45) is 8.42. The van der Waals surface area contributed by atoms with Crippen LogP contribution in [0.2, 0.25) is 0 Å². The van der Waals surface area contributed by atoms with Gasteiger partial charge in [-0.3, -0.25) is 9.59 Å². The van der Waals surface area contributed by atoms with Crippen LogP contribution in [0.3, 0.4) is 0 Å². The molecule has 1 saturated carbocycles. The number of hydrogen-bond donors (Lipinski definition) is 1. The summed E-state index contributed by atoms with van der Waals surface area (Å²) in [6, 6.07) is 9.45. The molecule has 0 radical (unpaired) electrons. The molecule has 2 fully saturated rings. The monoisotopic (exact) mass is 408 g/mol. The Morgan fingerprint density at radius 3 is 2.57 bits per heavy atom. The van der Waals surface area contributed by atoms with E-state index in [9.17, 15) is 14.0 Å². The predicted octanol–water partition coefficient (Wildman–Crippen LogP) is 3.92. The van der Waals surface area contributed by atoms with Gasteiger partial charge in [0.1, 0.15) is 12.2 Å². The Morgan fingerprint density at radius 1 is 1.13 bits per heavy atom. The molecule has 0 bridgehead atoms. The summed E-state index contributed by atoms with van der Waals surface area (Å²) in [5.74, 6) is 0.327. The van der Waals surface area contributed by atoms with E-state index in [-0.39, 0.29) is 17.5 Å². The van der Waals surface area contributed by atoms with E-state index in [4.69, 9.17) is 0 Å². The number of aromatic amines is 1. The minimum absolute atomic E-state index is 0.292. The number of carbonyl (C=O) groups excluding carboxylic acids is 1. The topological polar surface area (TPSA) is 70.5 Å². The highest BCUT2D eigenvalue weighted by atomic mass is 19.1. The number of nitrogens with one attached hydrogen (secondary N) is 1. The van der Waals surface area contributed by atoms with Gasteiger partial charge in [0, 0.05) is 12.6 Å². The molecule has 1 aromatic carbocycles. The third kappa shape index (κ3) is 3.22. The molecule has 3 aromatic rings. The smallest absolute Gasteiger partial charge is 0.274 e. The van der Waals surface area contributed by atoms with Crippen LogP contribution in [0.5, 0.6) is 0 Å². The van der Waals surface area contributed by atoms with Crippen molar-refractivity contribution in [3.63, 3.8) is 0 Å². The lowest BCUT2D eigenvalue weighted by Gasteiger charge is -2.39. The molecule has 3 heterocycles. The van der Waals surface area contributed by atoms with Crippen LogP contribution in [-0.4, -0.2) is 44.7 Å². The molecule has 1 aliphatic heterocycles. The van der Waals surface area contributed by atoms with E-state index >= 15 is 0 Å². The number of carbonyl (C=O) groups is 1. The molecule has 156 valence electrons. The molecular weight excluding hydrogens is 383 g/mol. The fourth-order valence-corrected chi connectivity index (χ4v) is 4.69. The number of rotatable bonds is 4. The van der Waals surface area contributed by atoms with Crippen molar-refractivity contribution in [2.24, 2.45) is 0 Å². The van der Waals surface area contributed by atoms with E-state index in [1.807, 2.05) is 12.1 Å². The van der Waals surface area contributed by atoms with E-state index in [1.54, 1.807) is 0 Å². The summed E-state index contributed by atoms with van der Waals surface area (Å²) < 4.78 is 14.2. The number of H-pyrrole nitrogens is 1. The largest absolute Gasteiger partial charge is 0.339 e. The minimum atomic E-state index is -0.555. The van der Waals surface area contributed by atoms with Gasteiger partial charge in [0.2, 0.25) is 0 Å². The first-order valence-electron chi connectivity index (χ1n) is 10.7. The van der Waals surface area contributed by atoms with Crippen molar-refractivity contribution in [2.75, 3.05) is 13.2 Å². The van der Waals surface area contributed by atoms with Crippen molar-refractivity contribution in [1.82, 2.24) is 19.5 Å². The molecule has 2 aliphatic rings. The Hall–Kier alpha value is -2.96. The molecule has 1 aliphatic carbocycles. The van der Waals surface area contributed by atoms with Crippen LogP contribution >= 0.6 is 0 Å². The minimum Gasteiger partial charge on any atom is -0.339 e. The number of aromatic nitrogens is 3. The third-order valence-electron chi connectivity index (χ3n) is 6.61. The van der Waals surface area contributed by atoms with Crippen molar-refractivity contribution >= 4 is 11.6 Å². The summed E-state index contributed by atoms with van der Waals surface area (Å²) >= 11 is 0. The maximum atomic E-state index is 13.0. The van der Waals surface area contributed by atoms with Crippen molar-refractivity contribution in [3.8, 4) is 11.3 Å². The first kappa shape index (κ1) is 19.0. The first-order valence-corrected chi connectivity index (χ1v) is 10.7. The summed E-state index contributed by atoms with van der Waals surface area (Å²) in [5.41, 5.74) is 3.22. The van der Waals surface area contributed by atoms with Crippen molar-refractivity contribution in [2.45, 2.75) is 50.5 Å². The lowest BCUT2D eigenvalue weighted by atomic mass is 9.84. The van der Waals surface area contributed by atoms with Gasteiger partial charge < -0.3 is 9.88 Å². The molecule has 1 saturated heterocycles. The number of hydrogen-bond acceptors (Lipinski definition) is 3. The van der Waals surface area contributed by atoms with Gasteiger partial charge >= 0.3 is 0 Å². The highest BCUT2D eigenvalue weighted by molar-refractivity contribution is 6.00. The average molecular weight is 408 g/mol. The fourth-order valence-electron chi connectivity index (χ4n) is 4.69. The molecule has 2 aromatic heterocycles. The molecule has 30 heavy (non-hydrogen) atoms. The van der Waals surface area contributed by atoms with E-state index in [0.717, 1.165) is 5.56 Å². The van der Waals surface area contributed by atoms with E-state index in [2.05, 4.69) is 22.2 Å². The second-order valence-corrected chi connectivity index (χ2v) is 8.39. The molecule has 6 nitrogen and oxygen atoms in total. The van der Waals surface area contributed by atoms with Crippen LogP contribution in [-0.2, 0) is 0 Å². The van der Waals surface area contributed by atoms with Crippen LogP contribution in [0.25, 0.3) is 16.9 Å². The molecule has 1 unspecified atom stereocenters. The highest BCUT2D eigenvalue weighted by Gasteiger charge is 2.34. The third-order valence-corrected chi connectivity index (χ3v) is 6.61. The quantitative estimate of drug-likeness (QED) is 0.711. The van der Waals surface area contributed by atoms with Crippen LogP contribution in [0.4, 0.5) is 4.39 Å². The standard InChI is InChI=1S/C23H25FN4O2/c24-13-18-10-11-27(18)23(30)19-14-25-28-21(29)12-20(26-22(19)28)17-8-6-16(7-9-17)15-4-2-1-3-5-15/h6-9,12,14-15,18,26H,1-5,10-11,13H2. The molecule has 1 atom stereocenters. The van der Waals surface area contributed by atoms with Crippen molar-refractivity contribution in [1.29, 1.82) is 0 Å². The zero-order valence-electron chi connectivity index (χ0n) is 16.8. The summed E-state index contributed by atoms with van der Waals surface area (Å²) in [4.78, 5) is 30.1. The van der Waals surface area contributed by atoms with Gasteiger partial charge in [0.25, 0.3) is 11.5 Å². The second-order valence-electron chi connectivity index (χ2n) is 8.39. The Labute approximate surface area is 173 Å². The summed E-state index contributed by atoms with van der Waals surface area (Å²) in [5, 5.41) is 4.07. The van der Waals surface area contributed by atoms with Crippen LogP contribution in [0.15, 0.2) is 41.3 Å². The highest BCUT2D eigenvalue weighted by Crippen LogP contribution is 2.33. The van der Waals surface area contributed by atoms with Crippen molar-refractivity contribution < 1.29 is 9.18 Å². The molecule has 1 amide bonds.